The minimum absolute atomic E-state index is 0.0340. The summed E-state index contributed by atoms with van der Waals surface area (Å²) in [4.78, 5) is 23.3. The van der Waals surface area contributed by atoms with Gasteiger partial charge in [0.2, 0.25) is 0 Å². The molecule has 1 saturated heterocycles. The van der Waals surface area contributed by atoms with E-state index in [4.69, 9.17) is 9.15 Å². The van der Waals surface area contributed by atoms with Gasteiger partial charge < -0.3 is 14.1 Å². The van der Waals surface area contributed by atoms with Crippen molar-refractivity contribution in [2.45, 2.75) is 58.0 Å². The number of fused-ring (bicyclic) bond motifs is 1. The first kappa shape index (κ1) is 25.1. The van der Waals surface area contributed by atoms with E-state index in [9.17, 15) is 4.79 Å². The van der Waals surface area contributed by atoms with Gasteiger partial charge in [0, 0.05) is 36.6 Å². The third-order valence-corrected chi connectivity index (χ3v) is 7.26. The van der Waals surface area contributed by atoms with Crippen molar-refractivity contribution in [3.8, 4) is 0 Å². The molecule has 5 aromatic rings. The van der Waals surface area contributed by atoms with E-state index in [0.717, 1.165) is 48.1 Å². The molecule has 0 spiro atoms. The van der Waals surface area contributed by atoms with Gasteiger partial charge in [-0.1, -0.05) is 19.1 Å². The summed E-state index contributed by atoms with van der Waals surface area (Å²) in [7, 11) is 0. The third-order valence-electron chi connectivity index (χ3n) is 7.26. The minimum atomic E-state index is -0.565. The van der Waals surface area contributed by atoms with E-state index in [1.165, 1.54) is 5.56 Å². The molecule has 10 nitrogen and oxygen atoms in total. The topological polar surface area (TPSA) is 115 Å². The number of hydrogen-bond acceptors (Lipinski definition) is 8. The molecule has 1 aliphatic rings. The number of nitrogens with one attached hydrogen (secondary N) is 1. The van der Waals surface area contributed by atoms with E-state index in [1.807, 2.05) is 48.7 Å². The molecule has 0 unspecified atom stereocenters. The second-order valence-electron chi connectivity index (χ2n) is 9.93. The van der Waals surface area contributed by atoms with E-state index in [1.54, 1.807) is 17.1 Å². The van der Waals surface area contributed by atoms with Gasteiger partial charge in [0.15, 0.2) is 5.82 Å². The standard InChI is InChI=1S/C29H31N7O3/c1-2-20-9-10-26-22(14-20)15-25(29(37)31-26)27(28-32-33-34-36(28)19-24-8-5-13-39-24)35(18-23-7-4-12-38-23)17-21-6-3-11-30-16-21/h3-4,6-7,9-12,14-16,24,27H,2,5,8,13,17-19H2,1H3,(H,31,37)/t24-,27-/m1/s1. The molecule has 0 saturated carbocycles. The predicted molar refractivity (Wildman–Crippen MR) is 145 cm³/mol. The summed E-state index contributed by atoms with van der Waals surface area (Å²) >= 11 is 0. The summed E-state index contributed by atoms with van der Waals surface area (Å²) < 4.78 is 13.4. The van der Waals surface area contributed by atoms with Crippen LogP contribution in [-0.4, -0.2) is 47.8 Å². The van der Waals surface area contributed by atoms with Gasteiger partial charge in [-0.25, -0.2) is 4.68 Å². The molecule has 0 radical (unpaired) electrons. The van der Waals surface area contributed by atoms with Crippen molar-refractivity contribution < 1.29 is 9.15 Å². The SMILES string of the molecule is CCc1ccc2[nH]c(=O)c([C@H](c3nnnn3C[C@H]3CCCO3)N(Cc3cccnc3)Cc3ccco3)cc2c1. The van der Waals surface area contributed by atoms with Crippen molar-refractivity contribution in [1.29, 1.82) is 0 Å². The molecule has 1 aliphatic heterocycles. The molecular weight excluding hydrogens is 494 g/mol. The van der Waals surface area contributed by atoms with Crippen LogP contribution in [0, 0.1) is 0 Å². The molecule has 1 N–H and O–H groups in total. The highest BCUT2D eigenvalue weighted by atomic mass is 16.5. The molecule has 200 valence electrons. The van der Waals surface area contributed by atoms with Crippen LogP contribution < -0.4 is 5.56 Å². The molecule has 6 rings (SSSR count). The van der Waals surface area contributed by atoms with Crippen LogP contribution in [0.15, 0.2) is 76.4 Å². The lowest BCUT2D eigenvalue weighted by Gasteiger charge is -2.30. The van der Waals surface area contributed by atoms with E-state index in [0.29, 0.717) is 31.0 Å². The maximum absolute atomic E-state index is 13.7. The third kappa shape index (κ3) is 5.52. The Balaban J connectivity index is 1.50. The minimum Gasteiger partial charge on any atom is -0.468 e. The van der Waals surface area contributed by atoms with Crippen molar-refractivity contribution in [1.82, 2.24) is 35.1 Å². The zero-order chi connectivity index (χ0) is 26.6. The van der Waals surface area contributed by atoms with Crippen LogP contribution in [0.5, 0.6) is 0 Å². The number of ether oxygens (including phenoxy) is 1. The predicted octanol–water partition coefficient (Wildman–Crippen LogP) is 4.04. The molecule has 0 aliphatic carbocycles. The average Bonchev–Trinajstić information content (AvgIpc) is 3.75. The van der Waals surface area contributed by atoms with Crippen molar-refractivity contribution >= 4 is 10.9 Å². The molecule has 39 heavy (non-hydrogen) atoms. The fourth-order valence-electron chi connectivity index (χ4n) is 5.28. The van der Waals surface area contributed by atoms with E-state index < -0.39 is 6.04 Å². The van der Waals surface area contributed by atoms with E-state index in [2.05, 4.69) is 43.4 Å². The Bertz CT molecular complexity index is 1570. The first-order valence-corrected chi connectivity index (χ1v) is 13.4. The molecule has 1 fully saturated rings. The van der Waals surface area contributed by atoms with Crippen LogP contribution in [0.3, 0.4) is 0 Å². The highest BCUT2D eigenvalue weighted by molar-refractivity contribution is 5.80. The highest BCUT2D eigenvalue weighted by Gasteiger charge is 2.32. The Morgan fingerprint density at radius 3 is 2.87 bits per heavy atom. The molecular formula is C29H31N7O3. The maximum atomic E-state index is 13.7. The van der Waals surface area contributed by atoms with Gasteiger partial charge in [-0.15, -0.1) is 5.10 Å². The van der Waals surface area contributed by atoms with Crippen molar-refractivity contribution in [3.63, 3.8) is 0 Å². The van der Waals surface area contributed by atoms with E-state index in [-0.39, 0.29) is 11.7 Å². The van der Waals surface area contributed by atoms with Crippen molar-refractivity contribution in [3.05, 3.63) is 106 Å². The van der Waals surface area contributed by atoms with Crippen LogP contribution >= 0.6 is 0 Å². The molecule has 10 heteroatoms. The summed E-state index contributed by atoms with van der Waals surface area (Å²) in [5, 5.41) is 13.8. The van der Waals surface area contributed by atoms with Gasteiger partial charge in [0.05, 0.1) is 25.5 Å². The Hall–Kier alpha value is -4.15. The fourth-order valence-corrected chi connectivity index (χ4v) is 5.28. The Morgan fingerprint density at radius 2 is 2.10 bits per heavy atom. The van der Waals surface area contributed by atoms with Gasteiger partial charge in [-0.05, 0) is 82.6 Å². The Morgan fingerprint density at radius 1 is 1.15 bits per heavy atom. The number of tetrazole rings is 1. The number of benzene rings is 1. The first-order valence-electron chi connectivity index (χ1n) is 13.4. The van der Waals surface area contributed by atoms with Gasteiger partial charge >= 0.3 is 0 Å². The monoisotopic (exact) mass is 525 g/mol. The molecule has 5 heterocycles. The smallest absolute Gasteiger partial charge is 0.253 e. The molecule has 0 bridgehead atoms. The summed E-state index contributed by atoms with van der Waals surface area (Å²) in [6.07, 6.45) is 8.14. The number of furan rings is 1. The Labute approximate surface area is 225 Å². The zero-order valence-corrected chi connectivity index (χ0v) is 21.9. The van der Waals surface area contributed by atoms with Crippen LogP contribution in [0.1, 0.15) is 54.1 Å². The van der Waals surface area contributed by atoms with Crippen LogP contribution in [-0.2, 0) is 30.8 Å². The number of aromatic amines is 1. The highest BCUT2D eigenvalue weighted by Crippen LogP contribution is 2.31. The summed E-state index contributed by atoms with van der Waals surface area (Å²) in [5.74, 6) is 1.35. The van der Waals surface area contributed by atoms with Crippen LogP contribution in [0.25, 0.3) is 10.9 Å². The number of nitrogens with zero attached hydrogens (tertiary/aromatic N) is 6. The second-order valence-corrected chi connectivity index (χ2v) is 9.93. The lowest BCUT2D eigenvalue weighted by molar-refractivity contribution is 0.0901. The molecule has 4 aromatic heterocycles. The number of hydrogen-bond donors (Lipinski definition) is 1. The lowest BCUT2D eigenvalue weighted by atomic mass is 10.0. The van der Waals surface area contributed by atoms with Crippen molar-refractivity contribution in [2.24, 2.45) is 0 Å². The second kappa shape index (κ2) is 11.3. The molecule has 0 amide bonds. The van der Waals surface area contributed by atoms with Gasteiger partial charge in [0.25, 0.3) is 5.56 Å². The normalized spacial score (nSPS) is 16.3. The van der Waals surface area contributed by atoms with E-state index >= 15 is 0 Å². The number of aromatic nitrogens is 6. The lowest BCUT2D eigenvalue weighted by Crippen LogP contribution is -2.35. The van der Waals surface area contributed by atoms with Gasteiger partial charge in [-0.2, -0.15) is 0 Å². The average molecular weight is 526 g/mol. The largest absolute Gasteiger partial charge is 0.468 e. The number of aryl methyl sites for hydroxylation is 1. The maximum Gasteiger partial charge on any atom is 0.253 e. The summed E-state index contributed by atoms with van der Waals surface area (Å²) in [5.41, 5.74) is 3.37. The summed E-state index contributed by atoms with van der Waals surface area (Å²) in [6, 6.07) is 15.3. The number of H-pyrrole nitrogens is 1. The molecule has 1 aromatic carbocycles. The zero-order valence-electron chi connectivity index (χ0n) is 21.9. The first-order chi connectivity index (χ1) is 19.2. The number of pyridine rings is 2. The Kier molecular flexibility index (Phi) is 7.29. The summed E-state index contributed by atoms with van der Waals surface area (Å²) in [6.45, 7) is 4.31. The quantitative estimate of drug-likeness (QED) is 0.291. The molecule has 2 atom stereocenters. The van der Waals surface area contributed by atoms with Crippen molar-refractivity contribution in [2.75, 3.05) is 6.61 Å². The van der Waals surface area contributed by atoms with Crippen LogP contribution in [0.2, 0.25) is 0 Å². The van der Waals surface area contributed by atoms with Gasteiger partial charge in [-0.3, -0.25) is 14.7 Å². The van der Waals surface area contributed by atoms with Gasteiger partial charge in [0.1, 0.15) is 11.8 Å². The fraction of sp³-hybridized carbons (Fsp3) is 0.345. The number of rotatable bonds is 10. The van der Waals surface area contributed by atoms with Crippen LogP contribution in [0.4, 0.5) is 0 Å².